The second kappa shape index (κ2) is 6.69. The zero-order valence-corrected chi connectivity index (χ0v) is 13.9. The molecule has 1 amide bonds. The number of anilines is 1. The number of carboxylic acids is 1. The molecule has 0 atom stereocenters. The van der Waals surface area contributed by atoms with E-state index in [0.29, 0.717) is 19.6 Å². The van der Waals surface area contributed by atoms with E-state index < -0.39 is 17.7 Å². The van der Waals surface area contributed by atoms with Crippen LogP contribution in [0.2, 0.25) is 0 Å². The molecule has 8 nitrogen and oxygen atoms in total. The Hall–Kier alpha value is -3.46. The number of rotatable bonds is 4. The number of furan rings is 1. The number of carbonyl (C=O) groups is 2. The number of hydrogen-bond acceptors (Lipinski definition) is 5. The van der Waals surface area contributed by atoms with Crippen LogP contribution >= 0.6 is 0 Å². The molecule has 0 spiro atoms. The predicted molar refractivity (Wildman–Crippen MR) is 90.5 cm³/mol. The highest BCUT2D eigenvalue weighted by atomic mass is 19.1. The zero-order chi connectivity index (χ0) is 19.0. The van der Waals surface area contributed by atoms with Crippen LogP contribution in [0.15, 0.2) is 41.1 Å². The van der Waals surface area contributed by atoms with Crippen molar-refractivity contribution in [1.29, 1.82) is 0 Å². The number of nitrogens with one attached hydrogen (secondary N) is 1. The van der Waals surface area contributed by atoms with Crippen molar-refractivity contribution in [1.82, 2.24) is 9.78 Å². The summed E-state index contributed by atoms with van der Waals surface area (Å²) in [7, 11) is 0. The van der Waals surface area contributed by atoms with Gasteiger partial charge in [-0.2, -0.15) is 5.10 Å². The van der Waals surface area contributed by atoms with Crippen LogP contribution < -0.4 is 5.32 Å². The Bertz CT molecular complexity index is 1040. The molecule has 4 rings (SSSR count). The largest absolute Gasteiger partial charge is 0.476 e. The predicted octanol–water partition coefficient (Wildman–Crippen LogP) is 2.63. The zero-order valence-electron chi connectivity index (χ0n) is 13.9. The van der Waals surface area contributed by atoms with E-state index in [-0.39, 0.29) is 22.8 Å². The lowest BCUT2D eigenvalue weighted by Gasteiger charge is -2.12. The molecule has 0 unspecified atom stereocenters. The second-order valence-electron chi connectivity index (χ2n) is 5.94. The third-order valence-electron chi connectivity index (χ3n) is 4.20. The Morgan fingerprint density at radius 3 is 2.89 bits per heavy atom. The van der Waals surface area contributed by atoms with Gasteiger partial charge in [-0.25, -0.2) is 13.9 Å². The fraction of sp³-hybridized carbons (Fsp3) is 0.167. The highest BCUT2D eigenvalue weighted by Gasteiger charge is 2.23. The van der Waals surface area contributed by atoms with Crippen LogP contribution in [0.3, 0.4) is 0 Å². The molecule has 3 heterocycles. The fourth-order valence-electron chi connectivity index (χ4n) is 2.89. The van der Waals surface area contributed by atoms with Gasteiger partial charge in [0.15, 0.2) is 17.3 Å². The topological polar surface area (TPSA) is 107 Å². The van der Waals surface area contributed by atoms with Crippen molar-refractivity contribution < 1.29 is 28.2 Å². The highest BCUT2D eigenvalue weighted by Crippen LogP contribution is 2.24. The van der Waals surface area contributed by atoms with Crippen LogP contribution in [-0.2, 0) is 17.8 Å². The second-order valence-corrected chi connectivity index (χ2v) is 5.94. The van der Waals surface area contributed by atoms with Crippen molar-refractivity contribution in [3.8, 4) is 5.69 Å². The number of benzene rings is 1. The first-order chi connectivity index (χ1) is 13.0. The van der Waals surface area contributed by atoms with Gasteiger partial charge in [-0.1, -0.05) is 0 Å². The number of halogens is 1. The number of aromatic nitrogens is 2. The summed E-state index contributed by atoms with van der Waals surface area (Å²) >= 11 is 0. The number of carboxylic acid groups (broad SMARTS) is 1. The Morgan fingerprint density at radius 1 is 1.30 bits per heavy atom. The van der Waals surface area contributed by atoms with E-state index in [1.165, 1.54) is 30.7 Å². The maximum Gasteiger partial charge on any atom is 0.356 e. The Labute approximate surface area is 152 Å². The summed E-state index contributed by atoms with van der Waals surface area (Å²) in [4.78, 5) is 23.3. The first kappa shape index (κ1) is 17.0. The van der Waals surface area contributed by atoms with E-state index in [9.17, 15) is 14.0 Å². The molecule has 3 aromatic rings. The first-order valence-electron chi connectivity index (χ1n) is 8.10. The van der Waals surface area contributed by atoms with E-state index >= 15 is 0 Å². The van der Waals surface area contributed by atoms with Crippen molar-refractivity contribution in [2.45, 2.75) is 13.0 Å². The van der Waals surface area contributed by atoms with Crippen LogP contribution in [-0.4, -0.2) is 33.4 Å². The minimum absolute atomic E-state index is 0.0630. The number of fused-ring (bicyclic) bond motifs is 1. The molecule has 1 aliphatic rings. The lowest BCUT2D eigenvalue weighted by molar-refractivity contribution is 0.0689. The average Bonchev–Trinajstić information content (AvgIpc) is 3.29. The van der Waals surface area contributed by atoms with Crippen molar-refractivity contribution in [2.24, 2.45) is 0 Å². The fourth-order valence-corrected chi connectivity index (χ4v) is 2.89. The summed E-state index contributed by atoms with van der Waals surface area (Å²) < 4.78 is 26.2. The van der Waals surface area contributed by atoms with E-state index in [1.54, 1.807) is 0 Å². The number of aromatic carboxylic acids is 1. The molecule has 0 saturated carbocycles. The molecule has 0 saturated heterocycles. The minimum Gasteiger partial charge on any atom is -0.476 e. The third kappa shape index (κ3) is 3.20. The Kier molecular flexibility index (Phi) is 4.21. The van der Waals surface area contributed by atoms with Gasteiger partial charge in [-0.15, -0.1) is 0 Å². The number of carbonyl (C=O) groups excluding carboxylic acids is 1. The van der Waals surface area contributed by atoms with Crippen LogP contribution in [0.25, 0.3) is 5.69 Å². The Morgan fingerprint density at radius 2 is 2.15 bits per heavy atom. The van der Waals surface area contributed by atoms with Crippen LogP contribution in [0.1, 0.15) is 32.2 Å². The standard InChI is InChI=1S/C18H14FN3O5/c19-13-7-11(1-2-15(13)22-5-3-14(21-22)18(24)25)20-17(23)16-12-4-6-26-8-10(12)9-27-16/h1-3,5,7,9H,4,6,8H2,(H,20,23)(H,24,25). The van der Waals surface area contributed by atoms with Gasteiger partial charge in [0.2, 0.25) is 0 Å². The van der Waals surface area contributed by atoms with Crippen molar-refractivity contribution >= 4 is 17.6 Å². The van der Waals surface area contributed by atoms with Gasteiger partial charge in [-0.3, -0.25) is 4.79 Å². The van der Waals surface area contributed by atoms with Crippen molar-refractivity contribution in [2.75, 3.05) is 11.9 Å². The lowest BCUT2D eigenvalue weighted by atomic mass is 10.1. The molecule has 0 aliphatic carbocycles. The quantitative estimate of drug-likeness (QED) is 0.730. The van der Waals surface area contributed by atoms with E-state index in [0.717, 1.165) is 21.9 Å². The molecule has 138 valence electrons. The summed E-state index contributed by atoms with van der Waals surface area (Å²) in [6, 6.07) is 5.29. The number of nitrogens with zero attached hydrogens (tertiary/aromatic N) is 2. The third-order valence-corrected chi connectivity index (χ3v) is 4.20. The average molecular weight is 371 g/mol. The van der Waals surface area contributed by atoms with Gasteiger partial charge in [-0.05, 0) is 24.3 Å². The summed E-state index contributed by atoms with van der Waals surface area (Å²) in [5.41, 5.74) is 1.74. The number of ether oxygens (including phenoxy) is 1. The van der Waals surface area contributed by atoms with Crippen LogP contribution in [0.4, 0.5) is 10.1 Å². The molecule has 9 heteroatoms. The van der Waals surface area contributed by atoms with Crippen LogP contribution in [0.5, 0.6) is 0 Å². The summed E-state index contributed by atoms with van der Waals surface area (Å²) in [5.74, 6) is -2.15. The van der Waals surface area contributed by atoms with Crippen molar-refractivity contribution in [3.63, 3.8) is 0 Å². The van der Waals surface area contributed by atoms with Gasteiger partial charge in [0.25, 0.3) is 5.91 Å². The highest BCUT2D eigenvalue weighted by molar-refractivity contribution is 6.03. The first-order valence-corrected chi connectivity index (χ1v) is 8.10. The summed E-state index contributed by atoms with van der Waals surface area (Å²) in [6.45, 7) is 0.913. The lowest BCUT2D eigenvalue weighted by Crippen LogP contribution is -2.16. The summed E-state index contributed by atoms with van der Waals surface area (Å²) in [5, 5.41) is 15.3. The smallest absolute Gasteiger partial charge is 0.356 e. The van der Waals surface area contributed by atoms with E-state index in [2.05, 4.69) is 10.4 Å². The molecular formula is C18H14FN3O5. The summed E-state index contributed by atoms with van der Waals surface area (Å²) in [6.07, 6.45) is 3.41. The van der Waals surface area contributed by atoms with Gasteiger partial charge < -0.3 is 19.6 Å². The molecule has 0 fully saturated rings. The number of amides is 1. The van der Waals surface area contributed by atoms with Gasteiger partial charge in [0.1, 0.15) is 5.69 Å². The van der Waals surface area contributed by atoms with Crippen molar-refractivity contribution in [3.05, 3.63) is 65.1 Å². The maximum absolute atomic E-state index is 14.4. The number of hydrogen-bond donors (Lipinski definition) is 2. The Balaban J connectivity index is 1.55. The molecular weight excluding hydrogens is 357 g/mol. The van der Waals surface area contributed by atoms with E-state index in [1.807, 2.05) is 0 Å². The molecule has 2 aromatic heterocycles. The molecule has 27 heavy (non-hydrogen) atoms. The molecule has 2 N–H and O–H groups in total. The van der Waals surface area contributed by atoms with Gasteiger partial charge >= 0.3 is 5.97 Å². The molecule has 0 radical (unpaired) electrons. The minimum atomic E-state index is -1.20. The molecule has 0 bridgehead atoms. The SMILES string of the molecule is O=C(O)c1ccn(-c2ccc(NC(=O)c3occ4c3CCOC4)cc2F)n1. The maximum atomic E-state index is 14.4. The monoisotopic (exact) mass is 371 g/mol. The van der Waals surface area contributed by atoms with Crippen LogP contribution in [0, 0.1) is 5.82 Å². The van der Waals surface area contributed by atoms with Gasteiger partial charge in [0, 0.05) is 29.4 Å². The normalized spacial score (nSPS) is 13.2. The molecule has 1 aromatic carbocycles. The molecule has 1 aliphatic heterocycles. The van der Waals surface area contributed by atoms with Gasteiger partial charge in [0.05, 0.1) is 19.5 Å². The van der Waals surface area contributed by atoms with E-state index in [4.69, 9.17) is 14.3 Å².